The molecule has 0 aliphatic heterocycles. The van der Waals surface area contributed by atoms with Gasteiger partial charge in [-0.15, -0.1) is 0 Å². The van der Waals surface area contributed by atoms with Crippen molar-refractivity contribution in [3.8, 4) is 0 Å². The van der Waals surface area contributed by atoms with E-state index in [0.717, 1.165) is 4.47 Å². The third kappa shape index (κ3) is 3.57. The molecule has 0 saturated carbocycles. The molecule has 0 aromatic heterocycles. The van der Waals surface area contributed by atoms with Crippen LogP contribution in [0.1, 0.15) is 0 Å². The third-order valence-corrected chi connectivity index (χ3v) is 4.83. The fraction of sp³-hybridized carbons (Fsp3) is 0. The summed E-state index contributed by atoms with van der Waals surface area (Å²) in [6.45, 7) is 0. The van der Waals surface area contributed by atoms with Gasteiger partial charge in [-0.2, -0.15) is 0 Å². The van der Waals surface area contributed by atoms with Crippen LogP contribution in [0.5, 0.6) is 0 Å². The Balaban J connectivity index is 0.000000190. The van der Waals surface area contributed by atoms with Crippen molar-refractivity contribution in [1.82, 2.24) is 0 Å². The van der Waals surface area contributed by atoms with Gasteiger partial charge in [-0.25, -0.2) is 0 Å². The molecule has 0 radical (unpaired) electrons. The summed E-state index contributed by atoms with van der Waals surface area (Å²) in [4.78, 5) is 0. The summed E-state index contributed by atoms with van der Waals surface area (Å²) in [6, 6.07) is 36.1. The van der Waals surface area contributed by atoms with E-state index < -0.39 is 0 Å². The summed E-state index contributed by atoms with van der Waals surface area (Å²) >= 11 is 3.31. The summed E-state index contributed by atoms with van der Waals surface area (Å²) in [5, 5.41) is 7.85. The second kappa shape index (κ2) is 7.08. The van der Waals surface area contributed by atoms with Crippen LogP contribution in [-0.2, 0) is 0 Å². The molecule has 0 saturated heterocycles. The van der Waals surface area contributed by atoms with Gasteiger partial charge in [-0.3, -0.25) is 0 Å². The Morgan fingerprint density at radius 3 is 0.960 bits per heavy atom. The first kappa shape index (κ1) is 15.9. The minimum Gasteiger partial charge on any atom is -0.0622 e. The maximum Gasteiger partial charge on any atom is 0.0175 e. The second-order valence-corrected chi connectivity index (χ2v) is 6.96. The van der Waals surface area contributed by atoms with Gasteiger partial charge in [-0.1, -0.05) is 82.7 Å². The summed E-state index contributed by atoms with van der Waals surface area (Å²) < 4.78 is 1.13. The fourth-order valence-corrected chi connectivity index (χ4v) is 3.35. The van der Waals surface area contributed by atoms with E-state index in [0.29, 0.717) is 0 Å². The fourth-order valence-electron chi connectivity index (χ4n) is 3.05. The number of fused-ring (bicyclic) bond motifs is 3. The maximum absolute atomic E-state index is 3.31. The topological polar surface area (TPSA) is 0 Å². The lowest BCUT2D eigenvalue weighted by Gasteiger charge is -2.04. The van der Waals surface area contributed by atoms with E-state index in [1.807, 2.05) is 30.3 Å². The Labute approximate surface area is 155 Å². The van der Waals surface area contributed by atoms with Gasteiger partial charge < -0.3 is 0 Å². The largest absolute Gasteiger partial charge is 0.0622 e. The van der Waals surface area contributed by atoms with E-state index in [1.165, 1.54) is 32.3 Å². The van der Waals surface area contributed by atoms with Crippen molar-refractivity contribution in [3.63, 3.8) is 0 Å². The molecule has 0 aliphatic carbocycles. The monoisotopic (exact) mass is 384 g/mol. The van der Waals surface area contributed by atoms with E-state index in [1.54, 1.807) is 0 Å². The van der Waals surface area contributed by atoms with E-state index in [4.69, 9.17) is 0 Å². The molecule has 0 heterocycles. The molecule has 5 aromatic rings. The summed E-state index contributed by atoms with van der Waals surface area (Å²) in [5.74, 6) is 0. The first-order valence-electron chi connectivity index (χ1n) is 8.31. The Bertz CT molecular complexity index is 1000. The number of rotatable bonds is 0. The van der Waals surface area contributed by atoms with Crippen molar-refractivity contribution in [2.45, 2.75) is 0 Å². The quantitative estimate of drug-likeness (QED) is 0.241. The molecule has 0 amide bonds. The molecule has 0 bridgehead atoms. The van der Waals surface area contributed by atoms with Gasteiger partial charge in [0.05, 0.1) is 0 Å². The zero-order chi connectivity index (χ0) is 17.1. The van der Waals surface area contributed by atoms with E-state index in [2.05, 4.69) is 88.7 Å². The molecule has 120 valence electrons. The SMILES string of the molecule is Brc1ccccc1.c1ccc2cc3cc4ccccc4cc3cc2c1. The van der Waals surface area contributed by atoms with E-state index in [-0.39, 0.29) is 0 Å². The van der Waals surface area contributed by atoms with Gasteiger partial charge in [0.1, 0.15) is 0 Å². The lowest BCUT2D eigenvalue weighted by molar-refractivity contribution is 1.66. The molecule has 0 unspecified atom stereocenters. The molecule has 0 atom stereocenters. The van der Waals surface area contributed by atoms with Crippen LogP contribution in [0.25, 0.3) is 32.3 Å². The zero-order valence-corrected chi connectivity index (χ0v) is 15.3. The van der Waals surface area contributed by atoms with Crippen LogP contribution < -0.4 is 0 Å². The van der Waals surface area contributed by atoms with Gasteiger partial charge in [-0.05, 0) is 68.7 Å². The van der Waals surface area contributed by atoms with Crippen LogP contribution in [0.2, 0.25) is 0 Å². The highest BCUT2D eigenvalue weighted by Gasteiger charge is 2.00. The Hall–Kier alpha value is -2.64. The zero-order valence-electron chi connectivity index (χ0n) is 13.7. The van der Waals surface area contributed by atoms with Crippen LogP contribution in [0.4, 0.5) is 0 Å². The Kier molecular flexibility index (Phi) is 4.49. The highest BCUT2D eigenvalue weighted by Crippen LogP contribution is 2.27. The number of halogens is 1. The van der Waals surface area contributed by atoms with Gasteiger partial charge >= 0.3 is 0 Å². The first-order valence-corrected chi connectivity index (χ1v) is 9.11. The van der Waals surface area contributed by atoms with Gasteiger partial charge in [0.15, 0.2) is 0 Å². The van der Waals surface area contributed by atoms with Crippen molar-refractivity contribution < 1.29 is 0 Å². The lowest BCUT2D eigenvalue weighted by Crippen LogP contribution is -1.78. The van der Waals surface area contributed by atoms with E-state index in [9.17, 15) is 0 Å². The normalized spacial score (nSPS) is 10.6. The predicted molar refractivity (Wildman–Crippen MR) is 113 cm³/mol. The molecule has 1 heteroatoms. The molecule has 0 fully saturated rings. The van der Waals surface area contributed by atoms with Crippen LogP contribution in [-0.4, -0.2) is 0 Å². The van der Waals surface area contributed by atoms with Crippen LogP contribution in [0.3, 0.4) is 0 Å². The van der Waals surface area contributed by atoms with Crippen LogP contribution in [0, 0.1) is 0 Å². The molecule has 25 heavy (non-hydrogen) atoms. The minimum absolute atomic E-state index is 1.13. The first-order chi connectivity index (χ1) is 12.3. The maximum atomic E-state index is 3.31. The molecule has 0 N–H and O–H groups in total. The molecule has 0 nitrogen and oxygen atoms in total. The Morgan fingerprint density at radius 1 is 0.360 bits per heavy atom. The van der Waals surface area contributed by atoms with Gasteiger partial charge in [0.25, 0.3) is 0 Å². The van der Waals surface area contributed by atoms with Gasteiger partial charge in [0.2, 0.25) is 0 Å². The molecule has 0 aliphatic rings. The summed E-state index contributed by atoms with van der Waals surface area (Å²) in [5.41, 5.74) is 0. The van der Waals surface area contributed by atoms with Crippen LogP contribution >= 0.6 is 15.9 Å². The van der Waals surface area contributed by atoms with E-state index >= 15 is 0 Å². The third-order valence-electron chi connectivity index (χ3n) is 4.30. The molecular weight excluding hydrogens is 368 g/mol. The average molecular weight is 385 g/mol. The summed E-state index contributed by atoms with van der Waals surface area (Å²) in [6.07, 6.45) is 0. The van der Waals surface area contributed by atoms with Crippen molar-refractivity contribution in [2.75, 3.05) is 0 Å². The number of hydrogen-bond donors (Lipinski definition) is 0. The standard InChI is InChI=1S/C18H12.C6H5Br/c1-2-6-14-10-18-12-16-8-4-3-7-15(16)11-17(18)9-13(14)5-1;7-6-4-2-1-3-5-6/h1-12H;1-5H. The van der Waals surface area contributed by atoms with Crippen LogP contribution in [0.15, 0.2) is 108 Å². The highest BCUT2D eigenvalue weighted by molar-refractivity contribution is 9.10. The number of hydrogen-bond acceptors (Lipinski definition) is 0. The Morgan fingerprint density at radius 2 is 0.680 bits per heavy atom. The predicted octanol–water partition coefficient (Wildman–Crippen LogP) is 7.60. The molecular formula is C24H17Br. The highest BCUT2D eigenvalue weighted by atomic mass is 79.9. The van der Waals surface area contributed by atoms with Gasteiger partial charge in [0, 0.05) is 4.47 Å². The van der Waals surface area contributed by atoms with Crippen molar-refractivity contribution in [2.24, 2.45) is 0 Å². The molecule has 0 spiro atoms. The number of benzene rings is 5. The lowest BCUT2D eigenvalue weighted by atomic mass is 10.00. The second-order valence-electron chi connectivity index (χ2n) is 6.04. The molecule has 5 rings (SSSR count). The van der Waals surface area contributed by atoms with Crippen molar-refractivity contribution in [3.05, 3.63) is 108 Å². The average Bonchev–Trinajstić information content (AvgIpc) is 2.66. The molecule has 5 aromatic carbocycles. The smallest absolute Gasteiger partial charge is 0.0175 e. The van der Waals surface area contributed by atoms with Crippen molar-refractivity contribution in [1.29, 1.82) is 0 Å². The minimum atomic E-state index is 1.13. The summed E-state index contributed by atoms with van der Waals surface area (Å²) in [7, 11) is 0. The van der Waals surface area contributed by atoms with Crippen molar-refractivity contribution >= 4 is 48.2 Å².